The maximum absolute atomic E-state index is 2.77. The van der Waals surface area contributed by atoms with E-state index in [4.69, 9.17) is 0 Å². The second kappa shape index (κ2) is 11.8. The van der Waals surface area contributed by atoms with Gasteiger partial charge < -0.3 is 0 Å². The Morgan fingerprint density at radius 1 is 0.289 bits per heavy atom. The third-order valence-electron chi connectivity index (χ3n) is 19.9. The number of hydrogen-bond donors (Lipinski definition) is 0. The van der Waals surface area contributed by atoms with E-state index in [9.17, 15) is 0 Å². The van der Waals surface area contributed by atoms with E-state index >= 15 is 0 Å². The predicted octanol–water partition coefficient (Wildman–Crippen LogP) is 13.1. The largest absolute Gasteiger partial charge is 0.0620 e. The molecule has 0 nitrogen and oxygen atoms in total. The summed E-state index contributed by atoms with van der Waals surface area (Å²) in [5.41, 5.74) is 1.10. The fourth-order valence-corrected chi connectivity index (χ4v) is 17.3. The average Bonchev–Trinajstić information content (AvgIpc) is 3.31. The van der Waals surface area contributed by atoms with Gasteiger partial charge in [0.05, 0.1) is 0 Å². The van der Waals surface area contributed by atoms with Gasteiger partial charge in [-0.2, -0.15) is 0 Å². The van der Waals surface area contributed by atoms with Gasteiger partial charge in [-0.3, -0.25) is 0 Å². The first-order valence-electron chi connectivity index (χ1n) is 20.5. The number of hydrogen-bond acceptors (Lipinski definition) is 0. The molecule has 0 heteroatoms. The molecule has 5 fully saturated rings. The van der Waals surface area contributed by atoms with Crippen LogP contribution in [0.2, 0.25) is 0 Å². The molecule has 0 spiro atoms. The van der Waals surface area contributed by atoms with Crippen molar-refractivity contribution in [2.75, 3.05) is 0 Å². The average molecular weight is 623 g/mol. The van der Waals surface area contributed by atoms with E-state index in [0.717, 1.165) is 124 Å². The fourth-order valence-electron chi connectivity index (χ4n) is 17.3. The third kappa shape index (κ3) is 5.05. The zero-order valence-electron chi connectivity index (χ0n) is 34.0. The minimum absolute atomic E-state index is 0.358. The Labute approximate surface area is 284 Å². The maximum atomic E-state index is 2.77. The van der Waals surface area contributed by atoms with Gasteiger partial charge in [-0.05, 0) is 153 Å². The summed E-state index contributed by atoms with van der Waals surface area (Å²) in [5.74, 6) is 17.1. The lowest BCUT2D eigenvalue weighted by molar-refractivity contribution is -0.104. The van der Waals surface area contributed by atoms with Crippen LogP contribution in [0.25, 0.3) is 0 Å². The molecule has 0 unspecified atom stereocenters. The highest BCUT2D eigenvalue weighted by Crippen LogP contribution is 2.69. The fraction of sp³-hybridized carbons (Fsp3) is 1.00. The van der Waals surface area contributed by atoms with Crippen LogP contribution in [0, 0.1) is 141 Å². The summed E-state index contributed by atoms with van der Waals surface area (Å²) < 4.78 is 0. The van der Waals surface area contributed by atoms with Crippen molar-refractivity contribution in [2.24, 2.45) is 141 Å². The molecule has 8 bridgehead atoms. The third-order valence-corrected chi connectivity index (χ3v) is 19.9. The zero-order valence-corrected chi connectivity index (χ0v) is 34.0. The quantitative estimate of drug-likeness (QED) is 0.252. The number of rotatable bonds is 0. The lowest BCUT2D eigenvalue weighted by atomic mass is 9.46. The Kier molecular flexibility index (Phi) is 9.52. The second-order valence-corrected chi connectivity index (χ2v) is 21.7. The molecule has 5 rings (SSSR count). The molecule has 21 atom stereocenters. The number of fused-ring (bicyclic) bond motifs is 8. The van der Waals surface area contributed by atoms with E-state index in [1.807, 2.05) is 0 Å². The van der Waals surface area contributed by atoms with E-state index in [1.165, 1.54) is 12.8 Å². The monoisotopic (exact) mass is 623 g/mol. The molecular formula is C45H82. The van der Waals surface area contributed by atoms with Gasteiger partial charge in [0, 0.05) is 0 Å². The van der Waals surface area contributed by atoms with Crippen molar-refractivity contribution in [1.82, 2.24) is 0 Å². The van der Waals surface area contributed by atoms with Crippen LogP contribution in [0.3, 0.4) is 0 Å². The molecule has 5 aliphatic carbocycles. The van der Waals surface area contributed by atoms with Gasteiger partial charge in [0.1, 0.15) is 0 Å². The van der Waals surface area contributed by atoms with E-state index in [1.54, 1.807) is 0 Å². The van der Waals surface area contributed by atoms with Gasteiger partial charge in [-0.25, -0.2) is 0 Å². The van der Waals surface area contributed by atoms with Crippen LogP contribution in [-0.4, -0.2) is 0 Å². The molecule has 0 aromatic rings. The molecule has 0 N–H and O–H groups in total. The van der Waals surface area contributed by atoms with Gasteiger partial charge in [0.25, 0.3) is 0 Å². The highest BCUT2D eigenvalue weighted by atomic mass is 14.7. The van der Waals surface area contributed by atoms with Crippen molar-refractivity contribution in [3.8, 4) is 0 Å². The molecule has 5 saturated carbocycles. The summed E-state index contributed by atoms with van der Waals surface area (Å²) >= 11 is 0. The van der Waals surface area contributed by atoms with Crippen molar-refractivity contribution in [3.05, 3.63) is 0 Å². The summed E-state index contributed by atoms with van der Waals surface area (Å²) in [6.45, 7) is 51.7. The Bertz CT molecular complexity index is 1040. The molecule has 0 aromatic heterocycles. The minimum atomic E-state index is 0.358. The normalized spacial score (nSPS) is 59.1. The lowest BCUT2D eigenvalue weighted by Crippen LogP contribution is -2.52. The van der Waals surface area contributed by atoms with E-state index < -0.39 is 0 Å². The molecule has 262 valence electrons. The molecule has 0 heterocycles. The summed E-state index contributed by atoms with van der Waals surface area (Å²) in [6, 6.07) is 0. The Hall–Kier alpha value is 0. The Morgan fingerprint density at radius 2 is 0.622 bits per heavy atom. The predicted molar refractivity (Wildman–Crippen MR) is 198 cm³/mol. The van der Waals surface area contributed by atoms with Crippen LogP contribution in [0.4, 0.5) is 0 Å². The smallest absolute Gasteiger partial charge is 0.0290 e. The van der Waals surface area contributed by atoms with Crippen LogP contribution < -0.4 is 0 Å². The van der Waals surface area contributed by atoms with Gasteiger partial charge >= 0.3 is 0 Å². The minimum Gasteiger partial charge on any atom is -0.0620 e. The highest BCUT2D eigenvalue weighted by Gasteiger charge is 2.63. The molecule has 0 radical (unpaired) electrons. The van der Waals surface area contributed by atoms with Crippen molar-refractivity contribution < 1.29 is 0 Å². The van der Waals surface area contributed by atoms with Crippen molar-refractivity contribution in [1.29, 1.82) is 0 Å². The van der Waals surface area contributed by atoms with E-state index in [0.29, 0.717) is 16.2 Å². The first kappa shape index (κ1) is 36.3. The van der Waals surface area contributed by atoms with Crippen LogP contribution in [-0.2, 0) is 0 Å². The molecular weight excluding hydrogens is 540 g/mol. The summed E-state index contributed by atoms with van der Waals surface area (Å²) in [7, 11) is 0. The first-order chi connectivity index (χ1) is 20.5. The van der Waals surface area contributed by atoms with Crippen molar-refractivity contribution in [2.45, 2.75) is 144 Å². The molecule has 45 heavy (non-hydrogen) atoms. The van der Waals surface area contributed by atoms with Crippen molar-refractivity contribution in [3.63, 3.8) is 0 Å². The van der Waals surface area contributed by atoms with Crippen molar-refractivity contribution >= 4 is 0 Å². The van der Waals surface area contributed by atoms with E-state index in [2.05, 4.69) is 132 Å². The zero-order chi connectivity index (χ0) is 34.0. The van der Waals surface area contributed by atoms with E-state index in [-0.39, 0.29) is 0 Å². The Balaban J connectivity index is 1.71. The molecule has 0 amide bonds. The van der Waals surface area contributed by atoms with Crippen LogP contribution >= 0.6 is 0 Å². The Morgan fingerprint density at radius 3 is 1.04 bits per heavy atom. The van der Waals surface area contributed by atoms with Crippen LogP contribution in [0.5, 0.6) is 0 Å². The standard InChI is InChI=1S/C45H82/c1-22-24(3)35-20-36(25(22)4)43(14,15)41-30(9)31(10)42(34(41)13)45(18,19)38-21-37(26(5)23(2)27(38)6)44(16,17)40-29(8)28(7)39(32(35)11)33(40)12/h22-42H,20-21H2,1-19H3/t22-,23+,24+,25-,26-,27+,28-,29+,30+,31-,32+,33-,34+,35-,36+,37+,38-,39+,40+,41+,42-/m1/s1. The maximum Gasteiger partial charge on any atom is -0.0290 e. The topological polar surface area (TPSA) is 0 Å². The summed E-state index contributed by atoms with van der Waals surface area (Å²) in [5, 5.41) is 0. The van der Waals surface area contributed by atoms with Crippen LogP contribution in [0.1, 0.15) is 144 Å². The molecule has 0 aliphatic heterocycles. The molecule has 0 saturated heterocycles. The SMILES string of the molecule is C[C@H]1[C@@H](C)[C@@H]2C[C@H]([C@H]1C)[C@H](C)[C@@H]1[C@H](C)[C@H](C)[C@@H]([C@@H]1C)C(C)(C)[C@H]1C[C@H]([C@@H](C)[C@@H](C)[C@H]1C)C(C)(C)[C@@H]1[C@H](C)[C@H](C)[C@@H]([C@@H]1C)C2(C)C. The van der Waals surface area contributed by atoms with Gasteiger partial charge in [-0.15, -0.1) is 0 Å². The molecule has 0 aromatic carbocycles. The van der Waals surface area contributed by atoms with Gasteiger partial charge in [-0.1, -0.05) is 132 Å². The first-order valence-corrected chi connectivity index (χ1v) is 20.5. The lowest BCUT2D eigenvalue weighted by Gasteiger charge is -2.59. The van der Waals surface area contributed by atoms with Crippen LogP contribution in [0.15, 0.2) is 0 Å². The highest BCUT2D eigenvalue weighted by molar-refractivity contribution is 5.11. The van der Waals surface area contributed by atoms with Gasteiger partial charge in [0.2, 0.25) is 0 Å². The summed E-state index contributed by atoms with van der Waals surface area (Å²) in [6.07, 6.45) is 2.92. The summed E-state index contributed by atoms with van der Waals surface area (Å²) in [4.78, 5) is 0. The molecule has 5 aliphatic rings. The van der Waals surface area contributed by atoms with Gasteiger partial charge in [0.15, 0.2) is 0 Å². The second-order valence-electron chi connectivity index (χ2n) is 21.7.